The molecule has 1 aliphatic carbocycles. The lowest BCUT2D eigenvalue weighted by Gasteiger charge is -2.46. The molecule has 0 aromatic heterocycles. The molecule has 1 rings (SSSR count). The Hall–Kier alpha value is -0.0800. The van der Waals surface area contributed by atoms with Crippen molar-refractivity contribution in [3.05, 3.63) is 0 Å². The van der Waals surface area contributed by atoms with Gasteiger partial charge in [-0.25, -0.2) is 0 Å². The standard InChI is InChI=1S/C10H20O2/c1-4-9-5-10(6-9,7-11-2)8-12-3/h9H,4-8H2,1-3H3. The molecule has 1 aliphatic rings. The van der Waals surface area contributed by atoms with Gasteiger partial charge < -0.3 is 9.47 Å². The number of ether oxygens (including phenoxy) is 2. The molecule has 0 aromatic carbocycles. The third-order valence-corrected chi connectivity index (χ3v) is 2.92. The highest BCUT2D eigenvalue weighted by Gasteiger charge is 2.43. The molecule has 0 spiro atoms. The van der Waals surface area contributed by atoms with E-state index in [0.29, 0.717) is 5.41 Å². The van der Waals surface area contributed by atoms with Gasteiger partial charge in [-0.1, -0.05) is 13.3 Å². The molecule has 1 saturated carbocycles. The minimum absolute atomic E-state index is 0.351. The molecule has 12 heavy (non-hydrogen) atoms. The lowest BCUT2D eigenvalue weighted by Crippen LogP contribution is -2.44. The first-order valence-corrected chi connectivity index (χ1v) is 4.74. The molecule has 1 fully saturated rings. The zero-order valence-corrected chi connectivity index (χ0v) is 8.43. The largest absolute Gasteiger partial charge is 0.384 e. The molecule has 2 heteroatoms. The lowest BCUT2D eigenvalue weighted by molar-refractivity contribution is -0.0736. The van der Waals surface area contributed by atoms with Crippen molar-refractivity contribution in [1.82, 2.24) is 0 Å². The molecular formula is C10H20O2. The molecule has 72 valence electrons. The minimum Gasteiger partial charge on any atom is -0.384 e. The van der Waals surface area contributed by atoms with E-state index in [1.54, 1.807) is 14.2 Å². The normalized spacial score (nSPS) is 22.2. The van der Waals surface area contributed by atoms with E-state index in [1.165, 1.54) is 19.3 Å². The summed E-state index contributed by atoms with van der Waals surface area (Å²) < 4.78 is 10.4. The monoisotopic (exact) mass is 172 g/mol. The van der Waals surface area contributed by atoms with E-state index in [-0.39, 0.29) is 0 Å². The van der Waals surface area contributed by atoms with Crippen molar-refractivity contribution < 1.29 is 9.47 Å². The topological polar surface area (TPSA) is 18.5 Å². The third-order valence-electron chi connectivity index (χ3n) is 2.92. The van der Waals surface area contributed by atoms with Crippen LogP contribution in [0.15, 0.2) is 0 Å². The highest BCUT2D eigenvalue weighted by molar-refractivity contribution is 4.92. The Bertz CT molecular complexity index is 120. The zero-order chi connectivity index (χ0) is 9.03. The van der Waals surface area contributed by atoms with Crippen LogP contribution in [-0.4, -0.2) is 27.4 Å². The van der Waals surface area contributed by atoms with Gasteiger partial charge >= 0.3 is 0 Å². The number of hydrogen-bond donors (Lipinski definition) is 0. The van der Waals surface area contributed by atoms with Gasteiger partial charge in [0.15, 0.2) is 0 Å². The molecule has 0 heterocycles. The summed E-state index contributed by atoms with van der Waals surface area (Å²) in [6.07, 6.45) is 3.87. The van der Waals surface area contributed by atoms with E-state index in [0.717, 1.165) is 19.1 Å². The van der Waals surface area contributed by atoms with Crippen molar-refractivity contribution in [3.8, 4) is 0 Å². The van der Waals surface area contributed by atoms with Gasteiger partial charge in [-0.15, -0.1) is 0 Å². The van der Waals surface area contributed by atoms with Gasteiger partial charge in [0.05, 0.1) is 13.2 Å². The summed E-state index contributed by atoms with van der Waals surface area (Å²) in [5.74, 6) is 0.912. The van der Waals surface area contributed by atoms with Gasteiger partial charge in [-0.3, -0.25) is 0 Å². The van der Waals surface area contributed by atoms with Crippen molar-refractivity contribution in [2.75, 3.05) is 27.4 Å². The van der Waals surface area contributed by atoms with Crippen LogP contribution >= 0.6 is 0 Å². The highest BCUT2D eigenvalue weighted by atomic mass is 16.5. The molecule has 0 amide bonds. The quantitative estimate of drug-likeness (QED) is 0.632. The summed E-state index contributed by atoms with van der Waals surface area (Å²) in [5.41, 5.74) is 0.351. The molecule has 0 atom stereocenters. The first kappa shape index (κ1) is 10.0. The fourth-order valence-electron chi connectivity index (χ4n) is 2.34. The number of rotatable bonds is 5. The molecule has 0 aromatic rings. The summed E-state index contributed by atoms with van der Waals surface area (Å²) in [6, 6.07) is 0. The summed E-state index contributed by atoms with van der Waals surface area (Å²) in [7, 11) is 3.55. The van der Waals surface area contributed by atoms with E-state index in [2.05, 4.69) is 6.92 Å². The molecule has 0 aliphatic heterocycles. The van der Waals surface area contributed by atoms with E-state index < -0.39 is 0 Å². The first-order valence-electron chi connectivity index (χ1n) is 4.74. The molecule has 0 unspecified atom stereocenters. The summed E-state index contributed by atoms with van der Waals surface area (Å²) in [5, 5.41) is 0. The van der Waals surface area contributed by atoms with E-state index in [4.69, 9.17) is 9.47 Å². The Morgan fingerprint density at radius 1 is 1.17 bits per heavy atom. The molecule has 0 saturated heterocycles. The molecular weight excluding hydrogens is 152 g/mol. The van der Waals surface area contributed by atoms with E-state index >= 15 is 0 Å². The predicted octanol–water partition coefficient (Wildman–Crippen LogP) is 2.09. The first-order chi connectivity index (χ1) is 5.76. The van der Waals surface area contributed by atoms with Crippen LogP contribution in [0.5, 0.6) is 0 Å². The third kappa shape index (κ3) is 1.99. The molecule has 0 bridgehead atoms. The Balaban J connectivity index is 2.32. The van der Waals surface area contributed by atoms with Crippen LogP contribution < -0.4 is 0 Å². The summed E-state index contributed by atoms with van der Waals surface area (Å²) >= 11 is 0. The molecule has 0 radical (unpaired) electrons. The van der Waals surface area contributed by atoms with Gasteiger partial charge in [-0.2, -0.15) is 0 Å². The maximum atomic E-state index is 5.21. The SMILES string of the molecule is CCC1CC(COC)(COC)C1. The number of hydrogen-bond acceptors (Lipinski definition) is 2. The van der Waals surface area contributed by atoms with Crippen molar-refractivity contribution >= 4 is 0 Å². The summed E-state index contributed by atoms with van der Waals surface area (Å²) in [6.45, 7) is 3.98. The van der Waals surface area contributed by atoms with E-state index in [9.17, 15) is 0 Å². The second-order valence-electron chi connectivity index (χ2n) is 4.05. The highest BCUT2D eigenvalue weighted by Crippen LogP contribution is 2.47. The van der Waals surface area contributed by atoms with Crippen LogP contribution in [0.1, 0.15) is 26.2 Å². The maximum Gasteiger partial charge on any atom is 0.0540 e. The van der Waals surface area contributed by atoms with Crippen molar-refractivity contribution in [1.29, 1.82) is 0 Å². The van der Waals surface area contributed by atoms with Gasteiger partial charge in [0.2, 0.25) is 0 Å². The van der Waals surface area contributed by atoms with Crippen LogP contribution in [0.4, 0.5) is 0 Å². The van der Waals surface area contributed by atoms with Gasteiger partial charge in [0, 0.05) is 19.6 Å². The average molecular weight is 172 g/mol. The predicted molar refractivity (Wildman–Crippen MR) is 49.2 cm³/mol. The zero-order valence-electron chi connectivity index (χ0n) is 8.43. The Labute approximate surface area is 75.2 Å². The maximum absolute atomic E-state index is 5.21. The Morgan fingerprint density at radius 2 is 1.67 bits per heavy atom. The van der Waals surface area contributed by atoms with E-state index in [1.807, 2.05) is 0 Å². The van der Waals surface area contributed by atoms with Gasteiger partial charge in [0.1, 0.15) is 0 Å². The lowest BCUT2D eigenvalue weighted by atomic mass is 9.62. The van der Waals surface area contributed by atoms with Gasteiger partial charge in [-0.05, 0) is 18.8 Å². The molecule has 2 nitrogen and oxygen atoms in total. The van der Waals surface area contributed by atoms with Crippen molar-refractivity contribution in [2.24, 2.45) is 11.3 Å². The van der Waals surface area contributed by atoms with Crippen molar-refractivity contribution in [3.63, 3.8) is 0 Å². The molecule has 0 N–H and O–H groups in total. The van der Waals surface area contributed by atoms with Crippen LogP contribution in [0.2, 0.25) is 0 Å². The number of methoxy groups -OCH3 is 2. The van der Waals surface area contributed by atoms with Crippen LogP contribution in [-0.2, 0) is 9.47 Å². The van der Waals surface area contributed by atoms with Crippen LogP contribution in [0.3, 0.4) is 0 Å². The Morgan fingerprint density at radius 3 is 2.00 bits per heavy atom. The fraction of sp³-hybridized carbons (Fsp3) is 1.00. The summed E-state index contributed by atoms with van der Waals surface area (Å²) in [4.78, 5) is 0. The van der Waals surface area contributed by atoms with Crippen molar-refractivity contribution in [2.45, 2.75) is 26.2 Å². The minimum atomic E-state index is 0.351. The Kier molecular flexibility index (Phi) is 3.53. The smallest absolute Gasteiger partial charge is 0.0540 e. The second-order valence-corrected chi connectivity index (χ2v) is 4.05. The average Bonchev–Trinajstić information content (AvgIpc) is 1.99. The van der Waals surface area contributed by atoms with Gasteiger partial charge in [0.25, 0.3) is 0 Å². The van der Waals surface area contributed by atoms with Crippen LogP contribution in [0.25, 0.3) is 0 Å². The second kappa shape index (κ2) is 4.24. The van der Waals surface area contributed by atoms with Crippen LogP contribution in [0, 0.1) is 11.3 Å². The fourth-order valence-corrected chi connectivity index (χ4v) is 2.34.